The van der Waals surface area contributed by atoms with Crippen molar-refractivity contribution in [1.82, 2.24) is 9.97 Å². The lowest BCUT2D eigenvalue weighted by molar-refractivity contribution is 0.0844. The van der Waals surface area contributed by atoms with Gasteiger partial charge in [-0.3, -0.25) is 0 Å². The Bertz CT molecular complexity index is 356. The Morgan fingerprint density at radius 3 is 2.71 bits per heavy atom. The third-order valence-corrected chi connectivity index (χ3v) is 2.46. The molecule has 1 N–H and O–H groups in total. The lowest BCUT2D eigenvalue weighted by atomic mass is 10.2. The minimum absolute atomic E-state index is 0.0215. The highest BCUT2D eigenvalue weighted by Crippen LogP contribution is 2.09. The van der Waals surface area contributed by atoms with Gasteiger partial charge in [0, 0.05) is 31.0 Å². The monoisotopic (exact) mass is 239 g/mol. The highest BCUT2D eigenvalue weighted by Gasteiger charge is 2.07. The van der Waals surface area contributed by atoms with Crippen LogP contribution in [0.1, 0.15) is 25.1 Å². The summed E-state index contributed by atoms with van der Waals surface area (Å²) in [7, 11) is 1.93. The third kappa shape index (κ3) is 4.28. The summed E-state index contributed by atoms with van der Waals surface area (Å²) in [4.78, 5) is 10.5. The van der Waals surface area contributed by atoms with Gasteiger partial charge in [0.1, 0.15) is 0 Å². The number of ether oxygens (including phenoxy) is 1. The molecule has 5 nitrogen and oxygen atoms in total. The Morgan fingerprint density at radius 1 is 1.47 bits per heavy atom. The van der Waals surface area contributed by atoms with E-state index in [1.807, 2.05) is 32.7 Å². The molecule has 0 bridgehead atoms. The minimum Gasteiger partial charge on any atom is -0.392 e. The zero-order chi connectivity index (χ0) is 12.8. The maximum absolute atomic E-state index is 9.04. The van der Waals surface area contributed by atoms with E-state index in [2.05, 4.69) is 9.97 Å². The lowest BCUT2D eigenvalue weighted by Gasteiger charge is -2.18. The number of anilines is 1. The quantitative estimate of drug-likeness (QED) is 0.806. The van der Waals surface area contributed by atoms with E-state index >= 15 is 0 Å². The molecule has 0 saturated heterocycles. The Balaban J connectivity index is 2.57. The summed E-state index contributed by atoms with van der Waals surface area (Å²) in [6, 6.07) is 0. The van der Waals surface area contributed by atoms with Crippen LogP contribution >= 0.6 is 0 Å². The number of aliphatic hydroxyl groups excluding tert-OH is 1. The molecule has 0 saturated carbocycles. The first-order valence-corrected chi connectivity index (χ1v) is 5.80. The summed E-state index contributed by atoms with van der Waals surface area (Å²) in [6.07, 6.45) is 1.90. The fourth-order valence-electron chi connectivity index (χ4n) is 1.34. The van der Waals surface area contributed by atoms with E-state index in [1.54, 1.807) is 6.20 Å². The zero-order valence-corrected chi connectivity index (χ0v) is 11.0. The van der Waals surface area contributed by atoms with Gasteiger partial charge < -0.3 is 14.7 Å². The van der Waals surface area contributed by atoms with Crippen LogP contribution in [0, 0.1) is 6.92 Å². The average Bonchev–Trinajstić information content (AvgIpc) is 2.28. The molecule has 0 spiro atoms. The van der Waals surface area contributed by atoms with Gasteiger partial charge in [-0.15, -0.1) is 0 Å². The predicted octanol–water partition coefficient (Wildman–Crippen LogP) is 1.14. The Kier molecular flexibility index (Phi) is 5.31. The highest BCUT2D eigenvalue weighted by atomic mass is 16.5. The van der Waals surface area contributed by atoms with Crippen LogP contribution in [-0.4, -0.2) is 41.4 Å². The summed E-state index contributed by atoms with van der Waals surface area (Å²) in [5, 5.41) is 9.04. The molecule has 0 aliphatic rings. The summed E-state index contributed by atoms with van der Waals surface area (Å²) in [5.74, 6) is 0.659. The third-order valence-electron chi connectivity index (χ3n) is 2.46. The van der Waals surface area contributed by atoms with Crippen molar-refractivity contribution in [2.75, 3.05) is 25.1 Å². The van der Waals surface area contributed by atoms with E-state index < -0.39 is 0 Å². The van der Waals surface area contributed by atoms with E-state index in [1.165, 1.54) is 0 Å². The molecule has 17 heavy (non-hydrogen) atoms. The van der Waals surface area contributed by atoms with Crippen molar-refractivity contribution in [3.8, 4) is 0 Å². The van der Waals surface area contributed by atoms with Crippen molar-refractivity contribution in [3.05, 3.63) is 17.5 Å². The predicted molar refractivity (Wildman–Crippen MR) is 67.0 cm³/mol. The van der Waals surface area contributed by atoms with Crippen LogP contribution in [0.3, 0.4) is 0 Å². The smallest absolute Gasteiger partial charge is 0.225 e. The van der Waals surface area contributed by atoms with Crippen molar-refractivity contribution < 1.29 is 9.84 Å². The maximum atomic E-state index is 9.04. The molecule has 0 amide bonds. The van der Waals surface area contributed by atoms with E-state index in [4.69, 9.17) is 9.84 Å². The number of likely N-dealkylation sites (N-methyl/N-ethyl adjacent to an activating group) is 1. The summed E-state index contributed by atoms with van der Waals surface area (Å²) in [5.41, 5.74) is 1.58. The van der Waals surface area contributed by atoms with Crippen molar-refractivity contribution in [3.63, 3.8) is 0 Å². The van der Waals surface area contributed by atoms with E-state index in [-0.39, 0.29) is 12.7 Å². The maximum Gasteiger partial charge on any atom is 0.225 e. The number of nitrogens with zero attached hydrogens (tertiary/aromatic N) is 3. The van der Waals surface area contributed by atoms with Crippen LogP contribution in [-0.2, 0) is 11.3 Å². The second-order valence-corrected chi connectivity index (χ2v) is 4.28. The van der Waals surface area contributed by atoms with Crippen molar-refractivity contribution >= 4 is 5.95 Å². The lowest BCUT2D eigenvalue weighted by Crippen LogP contribution is -2.26. The van der Waals surface area contributed by atoms with Crippen LogP contribution in [0.5, 0.6) is 0 Å². The summed E-state index contributed by atoms with van der Waals surface area (Å²) in [6.45, 7) is 7.27. The number of aromatic nitrogens is 2. The number of aryl methyl sites for hydroxylation is 1. The second-order valence-electron chi connectivity index (χ2n) is 4.28. The first-order chi connectivity index (χ1) is 8.04. The van der Waals surface area contributed by atoms with Crippen molar-refractivity contribution in [2.24, 2.45) is 0 Å². The molecule has 0 aliphatic heterocycles. The molecule has 96 valence electrons. The highest BCUT2D eigenvalue weighted by molar-refractivity contribution is 5.31. The fraction of sp³-hybridized carbons (Fsp3) is 0.667. The van der Waals surface area contributed by atoms with Crippen LogP contribution in [0.2, 0.25) is 0 Å². The SMILES string of the molecule is Cc1nc(N(C)CCOC(C)C)ncc1CO. The molecule has 0 aliphatic carbocycles. The van der Waals surface area contributed by atoms with Gasteiger partial charge in [-0.25, -0.2) is 9.97 Å². The normalized spacial score (nSPS) is 10.9. The molecule has 1 heterocycles. The molecule has 1 rings (SSSR count). The molecule has 0 atom stereocenters. The molecule has 0 radical (unpaired) electrons. The van der Waals surface area contributed by atoms with Crippen molar-refractivity contribution in [1.29, 1.82) is 0 Å². The Morgan fingerprint density at radius 2 is 2.18 bits per heavy atom. The molecule has 5 heteroatoms. The van der Waals surface area contributed by atoms with Gasteiger partial charge in [-0.05, 0) is 20.8 Å². The van der Waals surface area contributed by atoms with Gasteiger partial charge in [0.05, 0.1) is 19.3 Å². The van der Waals surface area contributed by atoms with Crippen LogP contribution in [0.15, 0.2) is 6.20 Å². The summed E-state index contributed by atoms with van der Waals surface area (Å²) < 4.78 is 5.47. The number of hydrogen-bond acceptors (Lipinski definition) is 5. The van der Waals surface area contributed by atoms with Crippen LogP contribution < -0.4 is 4.90 Å². The van der Waals surface area contributed by atoms with Gasteiger partial charge >= 0.3 is 0 Å². The zero-order valence-electron chi connectivity index (χ0n) is 11.0. The van der Waals surface area contributed by atoms with Gasteiger partial charge in [0.2, 0.25) is 5.95 Å². The van der Waals surface area contributed by atoms with Gasteiger partial charge in [0.25, 0.3) is 0 Å². The van der Waals surface area contributed by atoms with Gasteiger partial charge in [-0.1, -0.05) is 0 Å². The van der Waals surface area contributed by atoms with Gasteiger partial charge in [0.15, 0.2) is 0 Å². The minimum atomic E-state index is -0.0215. The topological polar surface area (TPSA) is 58.5 Å². The first kappa shape index (κ1) is 13.9. The second kappa shape index (κ2) is 6.51. The first-order valence-electron chi connectivity index (χ1n) is 5.80. The van der Waals surface area contributed by atoms with Gasteiger partial charge in [-0.2, -0.15) is 0 Å². The Labute approximate surface area is 102 Å². The molecule has 1 aromatic rings. The van der Waals surface area contributed by atoms with Crippen molar-refractivity contribution in [2.45, 2.75) is 33.5 Å². The number of aliphatic hydroxyl groups is 1. The number of hydrogen-bond donors (Lipinski definition) is 1. The average molecular weight is 239 g/mol. The molecule has 1 aromatic heterocycles. The Hall–Kier alpha value is -1.20. The van der Waals surface area contributed by atoms with Crippen LogP contribution in [0.25, 0.3) is 0 Å². The van der Waals surface area contributed by atoms with Crippen LogP contribution in [0.4, 0.5) is 5.95 Å². The largest absolute Gasteiger partial charge is 0.392 e. The molecule has 0 fully saturated rings. The van der Waals surface area contributed by atoms with E-state index in [9.17, 15) is 0 Å². The molecule has 0 aromatic carbocycles. The molecular weight excluding hydrogens is 218 g/mol. The fourth-order valence-corrected chi connectivity index (χ4v) is 1.34. The van der Waals surface area contributed by atoms with E-state index in [0.29, 0.717) is 12.6 Å². The number of rotatable bonds is 6. The standard InChI is InChI=1S/C12H21N3O2/c1-9(2)17-6-5-15(4)12-13-7-11(8-16)10(3)14-12/h7,9,16H,5-6,8H2,1-4H3. The summed E-state index contributed by atoms with van der Waals surface area (Å²) >= 11 is 0. The molecule has 0 unspecified atom stereocenters. The van der Waals surface area contributed by atoms with E-state index in [0.717, 1.165) is 17.8 Å². The molecular formula is C12H21N3O2.